The van der Waals surface area contributed by atoms with Crippen molar-refractivity contribution in [2.24, 2.45) is 0 Å². The van der Waals surface area contributed by atoms with Crippen molar-refractivity contribution in [3.63, 3.8) is 0 Å². The summed E-state index contributed by atoms with van der Waals surface area (Å²) in [7, 11) is 0. The number of nitrogen functional groups attached to an aromatic ring is 1. The Kier molecular flexibility index (Phi) is 3.47. The van der Waals surface area contributed by atoms with Crippen molar-refractivity contribution >= 4 is 17.7 Å². The van der Waals surface area contributed by atoms with Gasteiger partial charge in [0.25, 0.3) is 0 Å². The van der Waals surface area contributed by atoms with E-state index in [2.05, 4.69) is 24.8 Å². The van der Waals surface area contributed by atoms with Crippen LogP contribution in [0.25, 0.3) is 0 Å². The van der Waals surface area contributed by atoms with Crippen LogP contribution in [0.4, 0.5) is 17.7 Å². The van der Waals surface area contributed by atoms with E-state index in [1.165, 1.54) is 6.20 Å². The van der Waals surface area contributed by atoms with Gasteiger partial charge in [0.15, 0.2) is 0 Å². The Morgan fingerprint density at radius 1 is 1.00 bits per heavy atom. The molecule has 0 radical (unpaired) electrons. The Morgan fingerprint density at radius 2 is 1.62 bits per heavy atom. The summed E-state index contributed by atoms with van der Waals surface area (Å²) in [4.78, 5) is 21.0. The third-order valence-electron chi connectivity index (χ3n) is 3.32. The van der Waals surface area contributed by atoms with E-state index in [-0.39, 0.29) is 5.82 Å². The van der Waals surface area contributed by atoms with Crippen molar-refractivity contribution in [1.82, 2.24) is 19.9 Å². The standard InChI is InChI=1S/C13H14N8/c14-8-10-9-18-13(19-11(10)15)21-6-4-20(5-7-21)12-16-2-1-3-17-12/h1-3,9H,4-7H2,(H2,15,18,19). The van der Waals surface area contributed by atoms with Crippen LogP contribution in [-0.2, 0) is 0 Å². The number of rotatable bonds is 2. The van der Waals surface area contributed by atoms with Gasteiger partial charge in [0.05, 0.1) is 6.20 Å². The van der Waals surface area contributed by atoms with E-state index in [4.69, 9.17) is 11.0 Å². The molecule has 2 aromatic rings. The first-order valence-electron chi connectivity index (χ1n) is 6.57. The summed E-state index contributed by atoms with van der Waals surface area (Å²) in [6.45, 7) is 3.08. The van der Waals surface area contributed by atoms with Crippen LogP contribution < -0.4 is 15.5 Å². The summed E-state index contributed by atoms with van der Waals surface area (Å²) in [5.74, 6) is 1.51. The molecule has 8 nitrogen and oxygen atoms in total. The molecule has 2 aromatic heterocycles. The van der Waals surface area contributed by atoms with E-state index in [0.29, 0.717) is 11.5 Å². The summed E-state index contributed by atoms with van der Waals surface area (Å²) in [6.07, 6.45) is 4.93. The fourth-order valence-electron chi connectivity index (χ4n) is 2.18. The highest BCUT2D eigenvalue weighted by atomic mass is 15.4. The van der Waals surface area contributed by atoms with Crippen LogP contribution >= 0.6 is 0 Å². The van der Waals surface area contributed by atoms with Crippen molar-refractivity contribution in [1.29, 1.82) is 5.26 Å². The Morgan fingerprint density at radius 3 is 2.19 bits per heavy atom. The van der Waals surface area contributed by atoms with Gasteiger partial charge < -0.3 is 15.5 Å². The molecule has 2 N–H and O–H groups in total. The number of hydrogen-bond donors (Lipinski definition) is 1. The van der Waals surface area contributed by atoms with Gasteiger partial charge in [0.2, 0.25) is 11.9 Å². The minimum absolute atomic E-state index is 0.219. The Bertz CT molecular complexity index is 658. The molecule has 0 aromatic carbocycles. The first-order chi connectivity index (χ1) is 10.3. The van der Waals surface area contributed by atoms with Gasteiger partial charge in [-0.1, -0.05) is 0 Å². The molecule has 3 heterocycles. The summed E-state index contributed by atoms with van der Waals surface area (Å²) in [6, 6.07) is 3.76. The molecule has 3 rings (SSSR count). The Labute approximate surface area is 121 Å². The van der Waals surface area contributed by atoms with Crippen LogP contribution in [0.15, 0.2) is 24.7 Å². The predicted molar refractivity (Wildman–Crippen MR) is 77.6 cm³/mol. The molecule has 8 heteroatoms. The van der Waals surface area contributed by atoms with Crippen molar-refractivity contribution < 1.29 is 0 Å². The van der Waals surface area contributed by atoms with Crippen LogP contribution in [0, 0.1) is 11.3 Å². The molecule has 0 amide bonds. The van der Waals surface area contributed by atoms with E-state index >= 15 is 0 Å². The molecule has 0 spiro atoms. The second kappa shape index (κ2) is 5.58. The smallest absolute Gasteiger partial charge is 0.227 e. The summed E-state index contributed by atoms with van der Waals surface area (Å²) < 4.78 is 0. The first-order valence-corrected chi connectivity index (χ1v) is 6.57. The van der Waals surface area contributed by atoms with Gasteiger partial charge in [0.1, 0.15) is 17.5 Å². The molecule has 0 saturated carbocycles. The lowest BCUT2D eigenvalue weighted by atomic mass is 10.3. The first kappa shape index (κ1) is 13.1. The van der Waals surface area contributed by atoms with E-state index in [0.717, 1.165) is 32.1 Å². The molecule has 0 bridgehead atoms. The molecular formula is C13H14N8. The number of nitrogens with two attached hydrogens (primary N) is 1. The van der Waals surface area contributed by atoms with Gasteiger partial charge in [-0.25, -0.2) is 15.0 Å². The van der Waals surface area contributed by atoms with Gasteiger partial charge in [-0.3, -0.25) is 0 Å². The highest BCUT2D eigenvalue weighted by molar-refractivity contribution is 5.51. The number of anilines is 3. The molecule has 21 heavy (non-hydrogen) atoms. The van der Waals surface area contributed by atoms with Crippen LogP contribution in [0.2, 0.25) is 0 Å². The molecule has 1 aliphatic heterocycles. The zero-order valence-electron chi connectivity index (χ0n) is 11.3. The third kappa shape index (κ3) is 2.67. The highest BCUT2D eigenvalue weighted by Crippen LogP contribution is 2.16. The van der Waals surface area contributed by atoms with Crippen molar-refractivity contribution in [3.05, 3.63) is 30.2 Å². The van der Waals surface area contributed by atoms with E-state index in [1.807, 2.05) is 11.0 Å². The topological polar surface area (TPSA) is 108 Å². The van der Waals surface area contributed by atoms with Gasteiger partial charge >= 0.3 is 0 Å². The quantitative estimate of drug-likeness (QED) is 0.823. The molecule has 1 aliphatic rings. The molecule has 0 atom stereocenters. The average molecular weight is 282 g/mol. The number of piperazine rings is 1. The summed E-state index contributed by atoms with van der Waals surface area (Å²) in [5, 5.41) is 8.84. The number of nitriles is 1. The molecule has 1 saturated heterocycles. The maximum Gasteiger partial charge on any atom is 0.227 e. The molecule has 0 unspecified atom stereocenters. The number of nitrogens with zero attached hydrogens (tertiary/aromatic N) is 7. The average Bonchev–Trinajstić information content (AvgIpc) is 2.56. The largest absolute Gasteiger partial charge is 0.382 e. The fourth-order valence-corrected chi connectivity index (χ4v) is 2.18. The zero-order valence-corrected chi connectivity index (χ0v) is 11.3. The SMILES string of the molecule is N#Cc1cnc(N2CCN(c3ncccn3)CC2)nc1N. The van der Waals surface area contributed by atoms with E-state index < -0.39 is 0 Å². The van der Waals surface area contributed by atoms with E-state index in [9.17, 15) is 0 Å². The van der Waals surface area contributed by atoms with Crippen LogP contribution in [0.5, 0.6) is 0 Å². The maximum absolute atomic E-state index is 8.84. The third-order valence-corrected chi connectivity index (χ3v) is 3.32. The highest BCUT2D eigenvalue weighted by Gasteiger charge is 2.21. The van der Waals surface area contributed by atoms with Crippen molar-refractivity contribution in [2.75, 3.05) is 41.7 Å². The lowest BCUT2D eigenvalue weighted by Gasteiger charge is -2.34. The number of aromatic nitrogens is 4. The lowest BCUT2D eigenvalue weighted by molar-refractivity contribution is 0.628. The fraction of sp³-hybridized carbons (Fsp3) is 0.308. The van der Waals surface area contributed by atoms with Gasteiger partial charge in [-0.2, -0.15) is 10.2 Å². The van der Waals surface area contributed by atoms with Gasteiger partial charge in [-0.15, -0.1) is 0 Å². The Balaban J connectivity index is 1.69. The minimum atomic E-state index is 0.219. The monoisotopic (exact) mass is 282 g/mol. The van der Waals surface area contributed by atoms with Crippen molar-refractivity contribution in [3.8, 4) is 6.07 Å². The molecular weight excluding hydrogens is 268 g/mol. The predicted octanol–water partition coefficient (Wildman–Crippen LogP) is 0.0471. The molecule has 0 aliphatic carbocycles. The molecule has 1 fully saturated rings. The maximum atomic E-state index is 8.84. The van der Waals surface area contributed by atoms with Gasteiger partial charge in [-0.05, 0) is 6.07 Å². The molecule has 106 valence electrons. The lowest BCUT2D eigenvalue weighted by Crippen LogP contribution is -2.47. The van der Waals surface area contributed by atoms with Crippen molar-refractivity contribution in [2.45, 2.75) is 0 Å². The van der Waals surface area contributed by atoms with Gasteiger partial charge in [0, 0.05) is 38.6 Å². The van der Waals surface area contributed by atoms with Crippen LogP contribution in [0.3, 0.4) is 0 Å². The van der Waals surface area contributed by atoms with Crippen LogP contribution in [-0.4, -0.2) is 46.1 Å². The second-order valence-corrected chi connectivity index (χ2v) is 4.60. The summed E-state index contributed by atoms with van der Waals surface area (Å²) in [5.41, 5.74) is 6.03. The number of hydrogen-bond acceptors (Lipinski definition) is 8. The second-order valence-electron chi connectivity index (χ2n) is 4.60. The minimum Gasteiger partial charge on any atom is -0.382 e. The Hall–Kier alpha value is -2.95. The van der Waals surface area contributed by atoms with Crippen LogP contribution in [0.1, 0.15) is 5.56 Å². The normalized spacial score (nSPS) is 14.8. The van der Waals surface area contributed by atoms with E-state index in [1.54, 1.807) is 18.5 Å². The summed E-state index contributed by atoms with van der Waals surface area (Å²) >= 11 is 0. The zero-order chi connectivity index (χ0) is 14.7.